The molecule has 4 amide bonds. The SMILES string of the molecule is CN1C(=O)C(C=NCc2ccco2)C(=O)N(C)C1=O. The summed E-state index contributed by atoms with van der Waals surface area (Å²) in [4.78, 5) is 41.0. The number of urea groups is 1. The summed E-state index contributed by atoms with van der Waals surface area (Å²) >= 11 is 0. The van der Waals surface area contributed by atoms with Crippen LogP contribution in [0.15, 0.2) is 27.8 Å². The van der Waals surface area contributed by atoms with Gasteiger partial charge in [0.2, 0.25) is 11.8 Å². The van der Waals surface area contributed by atoms with E-state index in [-0.39, 0.29) is 6.54 Å². The topological polar surface area (TPSA) is 83.2 Å². The zero-order valence-electron chi connectivity index (χ0n) is 10.6. The molecular weight excluding hydrogens is 250 g/mol. The maximum atomic E-state index is 11.8. The third-order valence-corrected chi connectivity index (χ3v) is 2.85. The van der Waals surface area contributed by atoms with Gasteiger partial charge in [-0.2, -0.15) is 0 Å². The lowest BCUT2D eigenvalue weighted by Crippen LogP contribution is -2.57. The minimum atomic E-state index is -1.05. The molecule has 1 aliphatic rings. The van der Waals surface area contributed by atoms with Crippen molar-refractivity contribution in [1.82, 2.24) is 9.80 Å². The number of hydrogen-bond donors (Lipinski definition) is 0. The van der Waals surface area contributed by atoms with Crippen LogP contribution >= 0.6 is 0 Å². The van der Waals surface area contributed by atoms with Crippen molar-refractivity contribution >= 4 is 24.1 Å². The number of imide groups is 2. The lowest BCUT2D eigenvalue weighted by atomic mass is 10.1. The third-order valence-electron chi connectivity index (χ3n) is 2.85. The molecule has 1 aromatic heterocycles. The summed E-state index contributed by atoms with van der Waals surface area (Å²) in [7, 11) is 2.67. The molecule has 2 heterocycles. The van der Waals surface area contributed by atoms with Crippen molar-refractivity contribution in [3.05, 3.63) is 24.2 Å². The smallest absolute Gasteiger partial charge is 0.332 e. The predicted octanol–water partition coefficient (Wildman–Crippen LogP) is 0.517. The third kappa shape index (κ3) is 2.40. The van der Waals surface area contributed by atoms with E-state index in [0.29, 0.717) is 5.76 Å². The zero-order valence-corrected chi connectivity index (χ0v) is 10.6. The summed E-state index contributed by atoms with van der Waals surface area (Å²) < 4.78 is 5.08. The van der Waals surface area contributed by atoms with Gasteiger partial charge in [-0.25, -0.2) is 4.79 Å². The van der Waals surface area contributed by atoms with Crippen molar-refractivity contribution < 1.29 is 18.8 Å². The van der Waals surface area contributed by atoms with E-state index in [4.69, 9.17) is 4.42 Å². The number of barbiturate groups is 1. The van der Waals surface area contributed by atoms with Crippen molar-refractivity contribution in [3.63, 3.8) is 0 Å². The van der Waals surface area contributed by atoms with E-state index in [0.717, 1.165) is 9.80 Å². The number of amides is 4. The Hall–Kier alpha value is -2.44. The highest BCUT2D eigenvalue weighted by molar-refractivity contribution is 6.23. The number of furan rings is 1. The highest BCUT2D eigenvalue weighted by Gasteiger charge is 2.41. The molecule has 0 saturated carbocycles. The van der Waals surface area contributed by atoms with E-state index in [9.17, 15) is 14.4 Å². The van der Waals surface area contributed by atoms with Crippen LogP contribution in [0.5, 0.6) is 0 Å². The van der Waals surface area contributed by atoms with Crippen LogP contribution in [0.4, 0.5) is 4.79 Å². The highest BCUT2D eigenvalue weighted by Crippen LogP contribution is 2.13. The van der Waals surface area contributed by atoms with Crippen molar-refractivity contribution in [2.24, 2.45) is 10.9 Å². The van der Waals surface area contributed by atoms with Gasteiger partial charge in [-0.05, 0) is 12.1 Å². The Morgan fingerprint density at radius 2 is 1.89 bits per heavy atom. The van der Waals surface area contributed by atoms with Gasteiger partial charge in [0.25, 0.3) is 0 Å². The number of carbonyl (C=O) groups is 3. The van der Waals surface area contributed by atoms with Crippen LogP contribution in [-0.2, 0) is 16.1 Å². The fourth-order valence-electron chi connectivity index (χ4n) is 1.71. The number of carbonyl (C=O) groups excluding carboxylic acids is 3. The molecule has 1 aliphatic heterocycles. The molecule has 0 N–H and O–H groups in total. The summed E-state index contributed by atoms with van der Waals surface area (Å²) in [5.41, 5.74) is 0. The summed E-state index contributed by atoms with van der Waals surface area (Å²) in [6.07, 6.45) is 2.77. The second-order valence-corrected chi connectivity index (χ2v) is 4.12. The molecule has 0 aromatic carbocycles. The average Bonchev–Trinajstić information content (AvgIpc) is 2.91. The first-order chi connectivity index (χ1) is 9.02. The van der Waals surface area contributed by atoms with Crippen LogP contribution < -0.4 is 0 Å². The first-order valence-corrected chi connectivity index (χ1v) is 5.64. The van der Waals surface area contributed by atoms with E-state index in [2.05, 4.69) is 4.99 Å². The summed E-state index contributed by atoms with van der Waals surface area (Å²) in [6.45, 7) is 0.242. The van der Waals surface area contributed by atoms with Gasteiger partial charge in [0, 0.05) is 20.3 Å². The largest absolute Gasteiger partial charge is 0.467 e. The van der Waals surface area contributed by atoms with Crippen molar-refractivity contribution in [3.8, 4) is 0 Å². The van der Waals surface area contributed by atoms with Gasteiger partial charge < -0.3 is 4.42 Å². The highest BCUT2D eigenvalue weighted by atomic mass is 16.3. The Bertz CT molecular complexity index is 511. The van der Waals surface area contributed by atoms with Crippen molar-refractivity contribution in [1.29, 1.82) is 0 Å². The van der Waals surface area contributed by atoms with Crippen LogP contribution in [-0.4, -0.2) is 48.0 Å². The minimum Gasteiger partial charge on any atom is -0.467 e. The van der Waals surface area contributed by atoms with Gasteiger partial charge in [-0.3, -0.25) is 24.4 Å². The molecule has 0 unspecified atom stereocenters. The van der Waals surface area contributed by atoms with E-state index in [1.54, 1.807) is 12.1 Å². The zero-order chi connectivity index (χ0) is 14.0. The number of nitrogens with zero attached hydrogens (tertiary/aromatic N) is 3. The maximum absolute atomic E-state index is 11.8. The molecule has 19 heavy (non-hydrogen) atoms. The number of hydrogen-bond acceptors (Lipinski definition) is 5. The van der Waals surface area contributed by atoms with Gasteiger partial charge >= 0.3 is 6.03 Å². The van der Waals surface area contributed by atoms with Crippen LogP contribution in [0.2, 0.25) is 0 Å². The minimum absolute atomic E-state index is 0.242. The first-order valence-electron chi connectivity index (χ1n) is 5.64. The molecule has 2 rings (SSSR count). The van der Waals surface area contributed by atoms with Gasteiger partial charge in [0.1, 0.15) is 5.76 Å². The fraction of sp³-hybridized carbons (Fsp3) is 0.333. The van der Waals surface area contributed by atoms with Gasteiger partial charge in [-0.15, -0.1) is 0 Å². The maximum Gasteiger partial charge on any atom is 0.332 e. The molecule has 0 aliphatic carbocycles. The van der Waals surface area contributed by atoms with E-state index >= 15 is 0 Å². The quantitative estimate of drug-likeness (QED) is 0.588. The number of rotatable bonds is 3. The Labute approximate surface area is 109 Å². The first kappa shape index (κ1) is 13.0. The Morgan fingerprint density at radius 3 is 2.42 bits per heavy atom. The Morgan fingerprint density at radius 1 is 1.26 bits per heavy atom. The molecule has 7 nitrogen and oxygen atoms in total. The molecule has 7 heteroatoms. The lowest BCUT2D eigenvalue weighted by molar-refractivity contribution is -0.144. The van der Waals surface area contributed by atoms with Crippen molar-refractivity contribution in [2.75, 3.05) is 14.1 Å². The standard InChI is InChI=1S/C12H13N3O4/c1-14-10(16)9(11(17)15(2)12(14)18)7-13-6-8-4-3-5-19-8/h3-5,7,9H,6H2,1-2H3. The van der Waals surface area contributed by atoms with Crippen LogP contribution in [0.25, 0.3) is 0 Å². The number of aliphatic imine (C=N–C) groups is 1. The fourth-order valence-corrected chi connectivity index (χ4v) is 1.71. The van der Waals surface area contributed by atoms with Crippen LogP contribution in [0.1, 0.15) is 5.76 Å². The van der Waals surface area contributed by atoms with Crippen LogP contribution in [0.3, 0.4) is 0 Å². The molecule has 0 atom stereocenters. The molecule has 1 fully saturated rings. The molecule has 1 saturated heterocycles. The summed E-state index contributed by atoms with van der Waals surface area (Å²) in [6, 6.07) is 2.83. The van der Waals surface area contributed by atoms with E-state index in [1.807, 2.05) is 0 Å². The summed E-state index contributed by atoms with van der Waals surface area (Å²) in [5.74, 6) is -1.57. The lowest BCUT2D eigenvalue weighted by Gasteiger charge is -2.31. The second-order valence-electron chi connectivity index (χ2n) is 4.12. The van der Waals surface area contributed by atoms with Crippen LogP contribution in [0, 0.1) is 5.92 Å². The van der Waals surface area contributed by atoms with E-state index in [1.165, 1.54) is 26.6 Å². The molecule has 0 bridgehead atoms. The van der Waals surface area contributed by atoms with Gasteiger partial charge in [0.05, 0.1) is 12.8 Å². The second kappa shape index (κ2) is 5.05. The van der Waals surface area contributed by atoms with E-state index < -0.39 is 23.8 Å². The molecule has 100 valence electrons. The van der Waals surface area contributed by atoms with Gasteiger partial charge in [-0.1, -0.05) is 0 Å². The van der Waals surface area contributed by atoms with Gasteiger partial charge in [0.15, 0.2) is 5.92 Å². The molecule has 0 spiro atoms. The summed E-state index contributed by atoms with van der Waals surface area (Å²) in [5, 5.41) is 0. The average molecular weight is 263 g/mol. The molecular formula is C12H13N3O4. The van der Waals surface area contributed by atoms with Crippen molar-refractivity contribution in [2.45, 2.75) is 6.54 Å². The predicted molar refractivity (Wildman–Crippen MR) is 65.3 cm³/mol. The monoisotopic (exact) mass is 263 g/mol. The molecule has 0 radical (unpaired) electrons. The Balaban J connectivity index is 2.10. The normalized spacial score (nSPS) is 17.9. The molecule has 1 aromatic rings. The Kier molecular flexibility index (Phi) is 3.46.